The van der Waals surface area contributed by atoms with E-state index in [0.717, 1.165) is 12.8 Å². The number of benzene rings is 2. The van der Waals surface area contributed by atoms with Gasteiger partial charge in [0, 0.05) is 5.92 Å². The Morgan fingerprint density at radius 3 is 2.25 bits per heavy atom. The quantitative estimate of drug-likeness (QED) is 0.615. The summed E-state index contributed by atoms with van der Waals surface area (Å²) in [5, 5.41) is 0. The predicted molar refractivity (Wildman–Crippen MR) is 85.4 cm³/mol. The second-order valence-corrected chi connectivity index (χ2v) is 5.17. The van der Waals surface area contributed by atoms with Gasteiger partial charge in [0.15, 0.2) is 0 Å². The maximum Gasteiger partial charge on any atom is 0.0528 e. The van der Waals surface area contributed by atoms with Crippen LogP contribution in [0.3, 0.4) is 0 Å². The van der Waals surface area contributed by atoms with Crippen molar-refractivity contribution in [1.82, 2.24) is 5.43 Å². The molecule has 0 radical (unpaired) electrons. The third-order valence-electron chi connectivity index (χ3n) is 3.97. The molecule has 106 valence electrons. The number of nitrogens with two attached hydrogens (primary N) is 1. The first-order chi connectivity index (χ1) is 9.80. The molecule has 0 saturated carbocycles. The topological polar surface area (TPSA) is 38.0 Å². The summed E-state index contributed by atoms with van der Waals surface area (Å²) in [5.41, 5.74) is 6.97. The van der Waals surface area contributed by atoms with E-state index >= 15 is 0 Å². The number of aryl methyl sites for hydroxylation is 1. The summed E-state index contributed by atoms with van der Waals surface area (Å²) in [6.45, 7) is 4.39. The van der Waals surface area contributed by atoms with Gasteiger partial charge < -0.3 is 0 Å². The smallest absolute Gasteiger partial charge is 0.0528 e. The van der Waals surface area contributed by atoms with Gasteiger partial charge in [0.1, 0.15) is 0 Å². The first-order valence-electron chi connectivity index (χ1n) is 7.40. The molecular formula is C18H24N2. The highest BCUT2D eigenvalue weighted by molar-refractivity contribution is 5.31. The number of rotatable bonds is 6. The van der Waals surface area contributed by atoms with Crippen LogP contribution < -0.4 is 11.3 Å². The van der Waals surface area contributed by atoms with Crippen molar-refractivity contribution in [1.29, 1.82) is 0 Å². The van der Waals surface area contributed by atoms with Crippen molar-refractivity contribution in [2.24, 2.45) is 5.84 Å². The molecule has 2 nitrogen and oxygen atoms in total. The van der Waals surface area contributed by atoms with Gasteiger partial charge in [0.25, 0.3) is 0 Å². The molecule has 0 bridgehead atoms. The zero-order valence-corrected chi connectivity index (χ0v) is 12.3. The van der Waals surface area contributed by atoms with Crippen molar-refractivity contribution in [3.63, 3.8) is 0 Å². The summed E-state index contributed by atoms with van der Waals surface area (Å²) < 4.78 is 0. The van der Waals surface area contributed by atoms with Gasteiger partial charge in [0.05, 0.1) is 6.04 Å². The highest BCUT2D eigenvalue weighted by Crippen LogP contribution is 2.33. The Kier molecular flexibility index (Phi) is 5.33. The van der Waals surface area contributed by atoms with Crippen molar-refractivity contribution in [3.05, 3.63) is 71.3 Å². The molecule has 20 heavy (non-hydrogen) atoms. The largest absolute Gasteiger partial charge is 0.271 e. The lowest BCUT2D eigenvalue weighted by Crippen LogP contribution is -2.32. The third kappa shape index (κ3) is 3.27. The molecule has 0 amide bonds. The average molecular weight is 268 g/mol. The van der Waals surface area contributed by atoms with Crippen molar-refractivity contribution >= 4 is 0 Å². The van der Waals surface area contributed by atoms with Crippen LogP contribution in [0.4, 0.5) is 0 Å². The number of hydrogen-bond donors (Lipinski definition) is 2. The standard InChI is InChI=1S/C18H24N2/c1-3-14-9-8-12-16(13-14)18(20-19)17(4-2)15-10-6-5-7-11-15/h5-13,17-18,20H,3-4,19H2,1-2H3. The molecule has 0 aliphatic heterocycles. The third-order valence-corrected chi connectivity index (χ3v) is 3.97. The Morgan fingerprint density at radius 2 is 1.65 bits per heavy atom. The Balaban J connectivity index is 2.34. The van der Waals surface area contributed by atoms with Crippen LogP contribution in [-0.4, -0.2) is 0 Å². The van der Waals surface area contributed by atoms with E-state index < -0.39 is 0 Å². The van der Waals surface area contributed by atoms with Gasteiger partial charge in [0.2, 0.25) is 0 Å². The van der Waals surface area contributed by atoms with Crippen LogP contribution in [0.2, 0.25) is 0 Å². The molecular weight excluding hydrogens is 244 g/mol. The van der Waals surface area contributed by atoms with Crippen molar-refractivity contribution in [3.8, 4) is 0 Å². The number of hydrazine groups is 1. The Hall–Kier alpha value is -1.64. The van der Waals surface area contributed by atoms with Gasteiger partial charge in [-0.3, -0.25) is 11.3 Å². The first kappa shape index (κ1) is 14.8. The van der Waals surface area contributed by atoms with Crippen LogP contribution in [-0.2, 0) is 6.42 Å². The van der Waals surface area contributed by atoms with Crippen LogP contribution in [0.1, 0.15) is 48.9 Å². The molecule has 2 aromatic rings. The van der Waals surface area contributed by atoms with Crippen molar-refractivity contribution in [2.75, 3.05) is 0 Å². The summed E-state index contributed by atoms with van der Waals surface area (Å²) in [4.78, 5) is 0. The van der Waals surface area contributed by atoms with Crippen LogP contribution in [0.15, 0.2) is 54.6 Å². The summed E-state index contributed by atoms with van der Waals surface area (Å²) in [7, 11) is 0. The van der Waals surface area contributed by atoms with E-state index in [-0.39, 0.29) is 6.04 Å². The molecule has 2 atom stereocenters. The van der Waals surface area contributed by atoms with E-state index in [4.69, 9.17) is 5.84 Å². The maximum atomic E-state index is 5.86. The minimum Gasteiger partial charge on any atom is -0.271 e. The van der Waals surface area contributed by atoms with E-state index in [1.807, 2.05) is 0 Å². The van der Waals surface area contributed by atoms with Gasteiger partial charge in [-0.05, 0) is 29.5 Å². The molecule has 0 spiro atoms. The lowest BCUT2D eigenvalue weighted by molar-refractivity contribution is 0.445. The number of nitrogens with one attached hydrogen (secondary N) is 1. The minimum absolute atomic E-state index is 0.147. The number of hydrogen-bond acceptors (Lipinski definition) is 2. The average Bonchev–Trinajstić information content (AvgIpc) is 2.53. The second-order valence-electron chi connectivity index (χ2n) is 5.17. The zero-order chi connectivity index (χ0) is 14.4. The minimum atomic E-state index is 0.147. The molecule has 0 heterocycles. The van der Waals surface area contributed by atoms with Gasteiger partial charge >= 0.3 is 0 Å². The zero-order valence-electron chi connectivity index (χ0n) is 12.3. The van der Waals surface area contributed by atoms with Gasteiger partial charge in [-0.15, -0.1) is 0 Å². The van der Waals surface area contributed by atoms with E-state index in [2.05, 4.69) is 73.9 Å². The normalized spacial score (nSPS) is 13.9. The molecule has 0 aromatic heterocycles. The van der Waals surface area contributed by atoms with E-state index in [0.29, 0.717) is 5.92 Å². The molecule has 0 saturated heterocycles. The van der Waals surface area contributed by atoms with E-state index in [9.17, 15) is 0 Å². The predicted octanol–water partition coefficient (Wildman–Crippen LogP) is 3.95. The second kappa shape index (κ2) is 7.22. The lowest BCUT2D eigenvalue weighted by Gasteiger charge is -2.27. The van der Waals surface area contributed by atoms with Gasteiger partial charge in [-0.2, -0.15) is 0 Å². The lowest BCUT2D eigenvalue weighted by atomic mass is 9.85. The molecule has 2 heteroatoms. The van der Waals surface area contributed by atoms with Crippen LogP contribution in [0.5, 0.6) is 0 Å². The van der Waals surface area contributed by atoms with Crippen molar-refractivity contribution in [2.45, 2.75) is 38.6 Å². The first-order valence-corrected chi connectivity index (χ1v) is 7.40. The Bertz CT molecular complexity index is 522. The summed E-state index contributed by atoms with van der Waals surface area (Å²) in [5.74, 6) is 6.24. The van der Waals surface area contributed by atoms with Crippen LogP contribution in [0, 0.1) is 0 Å². The fourth-order valence-corrected chi connectivity index (χ4v) is 2.82. The Morgan fingerprint density at radius 1 is 0.950 bits per heavy atom. The highest BCUT2D eigenvalue weighted by atomic mass is 15.2. The Labute approximate surface area is 122 Å². The fraction of sp³-hybridized carbons (Fsp3) is 0.333. The highest BCUT2D eigenvalue weighted by Gasteiger charge is 2.22. The van der Waals surface area contributed by atoms with Crippen molar-refractivity contribution < 1.29 is 0 Å². The molecule has 0 fully saturated rings. The monoisotopic (exact) mass is 268 g/mol. The maximum absolute atomic E-state index is 5.86. The molecule has 2 unspecified atom stereocenters. The summed E-state index contributed by atoms with van der Waals surface area (Å²) in [6.07, 6.45) is 2.10. The van der Waals surface area contributed by atoms with Gasteiger partial charge in [-0.25, -0.2) is 0 Å². The van der Waals surface area contributed by atoms with E-state index in [1.165, 1.54) is 16.7 Å². The van der Waals surface area contributed by atoms with Crippen LogP contribution in [0.25, 0.3) is 0 Å². The van der Waals surface area contributed by atoms with Gasteiger partial charge in [-0.1, -0.05) is 68.4 Å². The SMILES string of the molecule is CCc1cccc(C(NN)C(CC)c2ccccc2)c1. The molecule has 2 aromatic carbocycles. The molecule has 2 rings (SSSR count). The molecule has 0 aliphatic rings. The molecule has 3 N–H and O–H groups in total. The fourth-order valence-electron chi connectivity index (χ4n) is 2.82. The van der Waals surface area contributed by atoms with Crippen LogP contribution >= 0.6 is 0 Å². The van der Waals surface area contributed by atoms with E-state index in [1.54, 1.807) is 0 Å². The summed E-state index contributed by atoms with van der Waals surface area (Å²) >= 11 is 0. The summed E-state index contributed by atoms with van der Waals surface area (Å²) in [6, 6.07) is 19.5. The molecule has 0 aliphatic carbocycles.